The lowest BCUT2D eigenvalue weighted by molar-refractivity contribution is -0.122. The van der Waals surface area contributed by atoms with E-state index in [4.69, 9.17) is 10.8 Å². The molecule has 0 radical (unpaired) electrons. The summed E-state index contributed by atoms with van der Waals surface area (Å²) in [6, 6.07) is 1.71. The Morgan fingerprint density at radius 1 is 1.21 bits per heavy atom. The zero-order valence-corrected chi connectivity index (χ0v) is 23.1. The molecule has 1 aliphatic carbocycles. The van der Waals surface area contributed by atoms with E-state index in [1.165, 1.54) is 74.0 Å². The normalized spacial score (nSPS) is 14.3. The minimum Gasteiger partial charge on any atom is -0.394 e. The number of amides is 2. The van der Waals surface area contributed by atoms with Gasteiger partial charge in [0, 0.05) is 19.4 Å². The molecule has 5 N–H and O–H groups in total. The molecule has 0 aliphatic heterocycles. The third-order valence-electron chi connectivity index (χ3n) is 5.63. The molecule has 2 amide bonds. The van der Waals surface area contributed by atoms with E-state index in [1.54, 1.807) is 19.3 Å². The SMILES string of the molecule is C1CCCCC1.CC(=O)C(C)(F)P.CNc1ccn2ncc(C(=O)Nc3cn(CCO)nc3C(N)=O)c2n1. The summed E-state index contributed by atoms with van der Waals surface area (Å²) >= 11 is 0. The lowest BCUT2D eigenvalue weighted by Crippen LogP contribution is -2.18. The Balaban J connectivity index is 0.000000320. The van der Waals surface area contributed by atoms with Crippen molar-refractivity contribution < 1.29 is 23.9 Å². The average Bonchev–Trinajstić information content (AvgIpc) is 3.49. The standard InChI is InChI=1S/C14H16N8O3.C6H12.C4H8FOP/c1-16-10-2-3-22-13(19-10)8(6-17-22)14(25)18-9-7-21(4-5-23)20-11(9)12(15)24;1-2-4-6-5-3-1;1-3(6)4(2,5)7/h2-3,6-7,23H,4-5H2,1H3,(H2,15,24)(H,16,19)(H,18,25);1-6H2;7H2,1-2H3. The number of aromatic nitrogens is 5. The first-order valence-corrected chi connectivity index (χ1v) is 12.9. The minimum atomic E-state index is -1.72. The molecule has 1 saturated carbocycles. The minimum absolute atomic E-state index is 0.0952. The van der Waals surface area contributed by atoms with Crippen LogP contribution in [0.4, 0.5) is 15.9 Å². The number of anilines is 2. The van der Waals surface area contributed by atoms with Crippen LogP contribution in [0.1, 0.15) is 73.2 Å². The Hall–Kier alpha value is -3.44. The highest BCUT2D eigenvalue weighted by molar-refractivity contribution is 7.20. The van der Waals surface area contributed by atoms with Crippen LogP contribution < -0.4 is 16.4 Å². The van der Waals surface area contributed by atoms with Crippen LogP contribution in [0.15, 0.2) is 24.7 Å². The number of primary amides is 1. The van der Waals surface area contributed by atoms with E-state index in [0.29, 0.717) is 11.5 Å². The predicted molar refractivity (Wildman–Crippen MR) is 146 cm³/mol. The van der Waals surface area contributed by atoms with Gasteiger partial charge in [0.1, 0.15) is 11.4 Å². The molecular formula is C24H36FN8O4P. The number of aliphatic hydroxyl groups excluding tert-OH is 1. The Kier molecular flexibility index (Phi) is 11.7. The zero-order chi connectivity index (χ0) is 28.3. The van der Waals surface area contributed by atoms with Crippen LogP contribution >= 0.6 is 9.24 Å². The van der Waals surface area contributed by atoms with Gasteiger partial charge < -0.3 is 21.5 Å². The van der Waals surface area contributed by atoms with Crippen molar-refractivity contribution in [2.24, 2.45) is 5.73 Å². The first-order valence-electron chi connectivity index (χ1n) is 12.3. The first kappa shape index (κ1) is 30.8. The third kappa shape index (κ3) is 9.14. The second-order valence-corrected chi connectivity index (χ2v) is 9.92. The van der Waals surface area contributed by atoms with Crippen LogP contribution in [-0.2, 0) is 11.3 Å². The van der Waals surface area contributed by atoms with Gasteiger partial charge in [-0.25, -0.2) is 13.9 Å². The topological polar surface area (TPSA) is 170 Å². The van der Waals surface area contributed by atoms with Crippen LogP contribution in [0, 0.1) is 0 Å². The number of rotatable bonds is 7. The van der Waals surface area contributed by atoms with E-state index in [-0.39, 0.29) is 30.1 Å². The third-order valence-corrected chi connectivity index (χ3v) is 6.04. The number of fused-ring (bicyclic) bond motifs is 1. The Morgan fingerprint density at radius 2 is 1.79 bits per heavy atom. The molecule has 0 aromatic carbocycles. The van der Waals surface area contributed by atoms with Gasteiger partial charge in [-0.1, -0.05) is 47.8 Å². The molecule has 2 atom stereocenters. The molecule has 3 heterocycles. The number of nitrogens with zero attached hydrogens (tertiary/aromatic N) is 5. The molecule has 0 spiro atoms. The average molecular weight is 551 g/mol. The van der Waals surface area contributed by atoms with Crippen LogP contribution in [0.25, 0.3) is 5.65 Å². The largest absolute Gasteiger partial charge is 0.394 e. The Bertz CT molecular complexity index is 1220. The lowest BCUT2D eigenvalue weighted by Gasteiger charge is -2.06. The fourth-order valence-corrected chi connectivity index (χ4v) is 3.33. The van der Waals surface area contributed by atoms with Crippen molar-refractivity contribution in [3.8, 4) is 0 Å². The number of carbonyl (C=O) groups is 3. The fourth-order valence-electron chi connectivity index (χ4n) is 3.33. The summed E-state index contributed by atoms with van der Waals surface area (Å²) in [7, 11) is 3.53. The summed E-state index contributed by atoms with van der Waals surface area (Å²) in [6.45, 7) is 2.42. The van der Waals surface area contributed by atoms with Gasteiger partial charge in [0.2, 0.25) is 0 Å². The molecule has 38 heavy (non-hydrogen) atoms. The molecule has 3 aromatic rings. The molecule has 1 fully saturated rings. The Labute approximate surface area is 222 Å². The number of halogens is 1. The van der Waals surface area contributed by atoms with Gasteiger partial charge >= 0.3 is 0 Å². The van der Waals surface area contributed by atoms with Crippen molar-refractivity contribution in [2.45, 2.75) is 64.3 Å². The number of aliphatic hydroxyl groups is 1. The first-order chi connectivity index (χ1) is 18.0. The van der Waals surface area contributed by atoms with Crippen molar-refractivity contribution in [3.05, 3.63) is 35.9 Å². The summed E-state index contributed by atoms with van der Waals surface area (Å²) in [5.74, 6) is -1.18. The number of nitrogens with one attached hydrogen (secondary N) is 2. The van der Waals surface area contributed by atoms with E-state index in [2.05, 4.69) is 25.8 Å². The monoisotopic (exact) mass is 550 g/mol. The highest BCUT2D eigenvalue weighted by atomic mass is 31.0. The van der Waals surface area contributed by atoms with Crippen molar-refractivity contribution in [1.82, 2.24) is 24.4 Å². The number of alkyl halides is 1. The second-order valence-electron chi connectivity index (χ2n) is 8.84. The quantitative estimate of drug-likeness (QED) is 0.326. The molecule has 1 aliphatic rings. The van der Waals surface area contributed by atoms with Crippen molar-refractivity contribution in [1.29, 1.82) is 0 Å². The molecule has 208 valence electrons. The van der Waals surface area contributed by atoms with Gasteiger partial charge in [-0.05, 0) is 19.9 Å². The van der Waals surface area contributed by atoms with Crippen molar-refractivity contribution >= 4 is 44.0 Å². The van der Waals surface area contributed by atoms with E-state index in [1.807, 2.05) is 9.24 Å². The van der Waals surface area contributed by atoms with Crippen LogP contribution in [-0.4, -0.2) is 66.1 Å². The van der Waals surface area contributed by atoms with Crippen LogP contribution in [0.2, 0.25) is 0 Å². The molecule has 4 rings (SSSR count). The predicted octanol–water partition coefficient (Wildman–Crippen LogP) is 2.79. The summed E-state index contributed by atoms with van der Waals surface area (Å²) in [6.07, 6.45) is 13.5. The maximum atomic E-state index is 12.6. The van der Waals surface area contributed by atoms with E-state index in [9.17, 15) is 18.8 Å². The zero-order valence-electron chi connectivity index (χ0n) is 21.9. The summed E-state index contributed by atoms with van der Waals surface area (Å²) in [5, 5.41) is 20.7. The van der Waals surface area contributed by atoms with Gasteiger partial charge in [-0.15, -0.1) is 0 Å². The number of nitrogens with two attached hydrogens (primary N) is 1. The number of ketones is 1. The summed E-state index contributed by atoms with van der Waals surface area (Å²) < 4.78 is 14.9. The summed E-state index contributed by atoms with van der Waals surface area (Å²) in [5.41, 5.74) is 5.91. The molecule has 12 nitrogen and oxygen atoms in total. The van der Waals surface area contributed by atoms with E-state index >= 15 is 0 Å². The number of carbonyl (C=O) groups excluding carboxylic acids is 3. The summed E-state index contributed by atoms with van der Waals surface area (Å²) in [4.78, 5) is 38.4. The van der Waals surface area contributed by atoms with Gasteiger partial charge in [0.25, 0.3) is 11.8 Å². The lowest BCUT2D eigenvalue weighted by atomic mass is 10.0. The van der Waals surface area contributed by atoms with Crippen molar-refractivity contribution in [2.75, 3.05) is 24.3 Å². The maximum absolute atomic E-state index is 12.6. The van der Waals surface area contributed by atoms with Gasteiger partial charge in [0.05, 0.1) is 25.0 Å². The molecule has 14 heteroatoms. The van der Waals surface area contributed by atoms with Gasteiger partial charge in [-0.3, -0.25) is 19.1 Å². The van der Waals surface area contributed by atoms with Crippen LogP contribution in [0.5, 0.6) is 0 Å². The highest BCUT2D eigenvalue weighted by Crippen LogP contribution is 2.19. The molecule has 2 unspecified atom stereocenters. The highest BCUT2D eigenvalue weighted by Gasteiger charge is 2.21. The Morgan fingerprint density at radius 3 is 2.26 bits per heavy atom. The number of hydrogen-bond acceptors (Lipinski definition) is 8. The second kappa shape index (κ2) is 14.5. The van der Waals surface area contributed by atoms with Crippen LogP contribution in [0.3, 0.4) is 0 Å². The maximum Gasteiger partial charge on any atom is 0.271 e. The smallest absolute Gasteiger partial charge is 0.271 e. The van der Waals surface area contributed by atoms with Gasteiger partial charge in [-0.2, -0.15) is 10.2 Å². The molecular weight excluding hydrogens is 514 g/mol. The van der Waals surface area contributed by atoms with Gasteiger partial charge in [0.15, 0.2) is 22.5 Å². The molecule has 0 saturated heterocycles. The van der Waals surface area contributed by atoms with E-state index in [0.717, 1.165) is 0 Å². The number of Topliss-reactive ketones (excluding diaryl/α,β-unsaturated/α-hetero) is 1. The fraction of sp³-hybridized carbons (Fsp3) is 0.500. The molecule has 0 bridgehead atoms. The number of hydrogen-bond donors (Lipinski definition) is 4. The van der Waals surface area contributed by atoms with E-state index < -0.39 is 23.0 Å². The molecule has 3 aromatic heterocycles. The van der Waals surface area contributed by atoms with Crippen molar-refractivity contribution in [3.63, 3.8) is 0 Å².